The molecule has 0 aromatic heterocycles. The van der Waals surface area contributed by atoms with Gasteiger partial charge in [-0.1, -0.05) is 68.7 Å². The number of allylic oxidation sites excluding steroid dienone is 4. The molecule has 0 spiro atoms. The van der Waals surface area contributed by atoms with Crippen LogP contribution in [0.15, 0.2) is 66.3 Å². The van der Waals surface area contributed by atoms with Gasteiger partial charge < -0.3 is 4.90 Å². The van der Waals surface area contributed by atoms with Crippen molar-refractivity contribution in [2.75, 3.05) is 7.05 Å². The summed E-state index contributed by atoms with van der Waals surface area (Å²) in [6, 6.07) is 7.75. The predicted molar refractivity (Wildman–Crippen MR) is 132 cm³/mol. The van der Waals surface area contributed by atoms with Gasteiger partial charge in [0.05, 0.1) is 6.04 Å². The summed E-state index contributed by atoms with van der Waals surface area (Å²) in [5.74, 6) is 12.1. The first-order valence-corrected chi connectivity index (χ1v) is 10.8. The normalized spacial score (nSPS) is 15.2. The average molecular weight is 416 g/mol. The minimum atomic E-state index is -0.980. The zero-order valence-electron chi connectivity index (χ0n) is 19.8. The number of likely N-dealkylation sites (N-methyl/N-ethyl adjacent to an activating group) is 1. The van der Waals surface area contributed by atoms with Crippen LogP contribution in [0.3, 0.4) is 0 Å². The SMILES string of the molecule is C=C(C)C(N(C)C(=C)c1ccc(C#CC#CC2=CCCC=C2C)cc1)C(C)(C)C(C)F. The van der Waals surface area contributed by atoms with Crippen molar-refractivity contribution in [1.29, 1.82) is 0 Å². The van der Waals surface area contributed by atoms with E-state index in [0.717, 1.165) is 40.8 Å². The van der Waals surface area contributed by atoms with Crippen LogP contribution in [0.5, 0.6) is 0 Å². The third-order valence-electron chi connectivity index (χ3n) is 6.08. The number of alkyl halides is 1. The van der Waals surface area contributed by atoms with Gasteiger partial charge >= 0.3 is 0 Å². The standard InChI is InChI=1S/C29H34FN/c1-21(2)28(29(6,7)24(5)30)31(8)23(4)27-19-17-25(18-20-27)14-10-12-16-26-15-11-9-13-22(26)3/h13,15,17-20,24,28H,1,4,9,11H2,2-3,5-8H3. The summed E-state index contributed by atoms with van der Waals surface area (Å²) in [4.78, 5) is 2.03. The quantitative estimate of drug-likeness (QED) is 0.359. The Bertz CT molecular complexity index is 1010. The molecule has 1 aromatic rings. The molecular weight excluding hydrogens is 381 g/mol. The molecule has 162 valence electrons. The minimum Gasteiger partial charge on any atom is -0.367 e. The van der Waals surface area contributed by atoms with E-state index in [-0.39, 0.29) is 6.04 Å². The van der Waals surface area contributed by atoms with Gasteiger partial charge in [0, 0.05) is 29.3 Å². The number of benzene rings is 1. The molecule has 0 bridgehead atoms. The molecular formula is C29H34FN. The van der Waals surface area contributed by atoms with E-state index in [1.807, 2.05) is 57.0 Å². The van der Waals surface area contributed by atoms with E-state index in [1.54, 1.807) is 6.92 Å². The first kappa shape index (κ1) is 24.3. The van der Waals surface area contributed by atoms with Crippen LogP contribution >= 0.6 is 0 Å². The molecule has 1 aliphatic carbocycles. The Hall–Kier alpha value is -2.97. The lowest BCUT2D eigenvalue weighted by Gasteiger charge is -2.43. The molecule has 2 heteroatoms. The molecule has 0 saturated heterocycles. The molecule has 1 aromatic carbocycles. The van der Waals surface area contributed by atoms with Crippen molar-refractivity contribution in [1.82, 2.24) is 4.90 Å². The van der Waals surface area contributed by atoms with E-state index in [4.69, 9.17) is 0 Å². The molecule has 0 fully saturated rings. The van der Waals surface area contributed by atoms with Crippen molar-refractivity contribution in [3.8, 4) is 23.7 Å². The van der Waals surface area contributed by atoms with Crippen molar-refractivity contribution >= 4 is 5.70 Å². The Labute approximate surface area is 188 Å². The zero-order valence-corrected chi connectivity index (χ0v) is 19.8. The van der Waals surface area contributed by atoms with E-state index < -0.39 is 11.6 Å². The van der Waals surface area contributed by atoms with Gasteiger partial charge in [0.1, 0.15) is 6.17 Å². The molecule has 2 rings (SSSR count). The first-order chi connectivity index (χ1) is 14.6. The Morgan fingerprint density at radius 2 is 1.65 bits per heavy atom. The van der Waals surface area contributed by atoms with Gasteiger partial charge in [-0.15, -0.1) is 0 Å². The van der Waals surface area contributed by atoms with Crippen LogP contribution in [-0.4, -0.2) is 24.2 Å². The highest BCUT2D eigenvalue weighted by Gasteiger charge is 2.38. The first-order valence-electron chi connectivity index (χ1n) is 10.8. The molecule has 1 aliphatic rings. The van der Waals surface area contributed by atoms with Gasteiger partial charge in [-0.25, -0.2) is 4.39 Å². The highest BCUT2D eigenvalue weighted by Crippen LogP contribution is 2.37. The van der Waals surface area contributed by atoms with Crippen molar-refractivity contribution in [2.45, 2.75) is 59.7 Å². The molecule has 0 N–H and O–H groups in total. The van der Waals surface area contributed by atoms with Crippen LogP contribution in [0.25, 0.3) is 5.70 Å². The van der Waals surface area contributed by atoms with Gasteiger partial charge in [0.15, 0.2) is 0 Å². The highest BCUT2D eigenvalue weighted by atomic mass is 19.1. The fourth-order valence-corrected chi connectivity index (χ4v) is 3.94. The average Bonchev–Trinajstić information content (AvgIpc) is 2.71. The molecule has 31 heavy (non-hydrogen) atoms. The molecule has 0 radical (unpaired) electrons. The summed E-state index contributed by atoms with van der Waals surface area (Å²) in [7, 11) is 1.95. The van der Waals surface area contributed by atoms with E-state index in [1.165, 1.54) is 5.57 Å². The third-order valence-corrected chi connectivity index (χ3v) is 6.08. The predicted octanol–water partition coefficient (Wildman–Crippen LogP) is 6.94. The molecule has 1 nitrogen and oxygen atoms in total. The van der Waals surface area contributed by atoms with Gasteiger partial charge in [0.25, 0.3) is 0 Å². The number of rotatable bonds is 6. The molecule has 0 heterocycles. The third kappa shape index (κ3) is 6.02. The molecule has 2 atom stereocenters. The van der Waals surface area contributed by atoms with E-state index in [0.29, 0.717) is 0 Å². The Morgan fingerprint density at radius 3 is 2.19 bits per heavy atom. The summed E-state index contributed by atoms with van der Waals surface area (Å²) < 4.78 is 14.3. The second kappa shape index (κ2) is 10.4. The second-order valence-corrected chi connectivity index (χ2v) is 8.90. The second-order valence-electron chi connectivity index (χ2n) is 8.90. The lowest BCUT2D eigenvalue weighted by atomic mass is 9.76. The summed E-state index contributed by atoms with van der Waals surface area (Å²) in [6.07, 6.45) is 5.54. The lowest BCUT2D eigenvalue weighted by molar-refractivity contribution is 0.0885. The maximum atomic E-state index is 14.3. The Morgan fingerprint density at radius 1 is 1.06 bits per heavy atom. The Kier molecular flexibility index (Phi) is 8.13. The van der Waals surface area contributed by atoms with Crippen LogP contribution < -0.4 is 0 Å². The van der Waals surface area contributed by atoms with Crippen LogP contribution in [-0.2, 0) is 0 Å². The van der Waals surface area contributed by atoms with E-state index in [2.05, 4.69) is 55.9 Å². The van der Waals surface area contributed by atoms with E-state index in [9.17, 15) is 4.39 Å². The van der Waals surface area contributed by atoms with Crippen LogP contribution in [0.2, 0.25) is 0 Å². The van der Waals surface area contributed by atoms with Gasteiger partial charge in [-0.2, -0.15) is 0 Å². The van der Waals surface area contributed by atoms with Gasteiger partial charge in [-0.3, -0.25) is 0 Å². The van der Waals surface area contributed by atoms with Crippen LogP contribution in [0, 0.1) is 29.1 Å². The van der Waals surface area contributed by atoms with Crippen LogP contribution in [0.4, 0.5) is 4.39 Å². The monoisotopic (exact) mass is 415 g/mol. The molecule has 0 amide bonds. The molecule has 0 aliphatic heterocycles. The summed E-state index contributed by atoms with van der Waals surface area (Å²) in [5, 5.41) is 0. The number of halogens is 1. The minimum absolute atomic E-state index is 0.165. The fourth-order valence-electron chi connectivity index (χ4n) is 3.94. The largest absolute Gasteiger partial charge is 0.367 e. The number of hydrogen-bond acceptors (Lipinski definition) is 1. The summed E-state index contributed by atoms with van der Waals surface area (Å²) in [6.45, 7) is 17.9. The van der Waals surface area contributed by atoms with E-state index >= 15 is 0 Å². The lowest BCUT2D eigenvalue weighted by Crippen LogP contribution is -2.47. The smallest absolute Gasteiger partial charge is 0.105 e. The van der Waals surface area contributed by atoms with Crippen molar-refractivity contribution in [2.24, 2.45) is 5.41 Å². The maximum absolute atomic E-state index is 14.3. The summed E-state index contributed by atoms with van der Waals surface area (Å²) >= 11 is 0. The van der Waals surface area contributed by atoms with Gasteiger partial charge in [0.2, 0.25) is 0 Å². The highest BCUT2D eigenvalue weighted by molar-refractivity contribution is 5.63. The molecule has 0 saturated carbocycles. The van der Waals surface area contributed by atoms with Crippen molar-refractivity contribution < 1.29 is 4.39 Å². The topological polar surface area (TPSA) is 3.24 Å². The van der Waals surface area contributed by atoms with Crippen LogP contribution in [0.1, 0.15) is 58.6 Å². The number of nitrogens with zero attached hydrogens (tertiary/aromatic N) is 1. The van der Waals surface area contributed by atoms with Crippen molar-refractivity contribution in [3.63, 3.8) is 0 Å². The van der Waals surface area contributed by atoms with Crippen molar-refractivity contribution in [3.05, 3.63) is 77.4 Å². The summed E-state index contributed by atoms with van der Waals surface area (Å²) in [5.41, 5.74) is 5.33. The fraction of sp³-hybridized carbons (Fsp3) is 0.379. The molecule has 2 unspecified atom stereocenters. The Balaban J connectivity index is 2.15. The zero-order chi connectivity index (χ0) is 23.2. The number of hydrogen-bond donors (Lipinski definition) is 0. The van der Waals surface area contributed by atoms with Gasteiger partial charge in [-0.05, 0) is 68.7 Å². The maximum Gasteiger partial charge on any atom is 0.105 e.